The van der Waals surface area contributed by atoms with Crippen molar-refractivity contribution in [2.75, 3.05) is 24.5 Å². The standard InChI is InChI=1S/C31H37Cl2N3O5S/c1-5-7-17-34-31(38)28(6-2)35(20-23-9-8-10-25(18-23)41-4)30(37)21-36(29-19-24(32)13-16-27(29)33)42(39,40)26-14-11-22(3)12-15-26/h8-16,18-19,28H,5-7,17,20-21H2,1-4H3,(H,34,38)/t28-/m1/s1. The lowest BCUT2D eigenvalue weighted by molar-refractivity contribution is -0.140. The Morgan fingerprint density at radius 3 is 2.36 bits per heavy atom. The number of nitrogens with zero attached hydrogens (tertiary/aromatic N) is 2. The highest BCUT2D eigenvalue weighted by Crippen LogP contribution is 2.33. The molecule has 8 nitrogen and oxygen atoms in total. The molecule has 0 aliphatic heterocycles. The van der Waals surface area contributed by atoms with E-state index in [4.69, 9.17) is 27.9 Å². The van der Waals surface area contributed by atoms with E-state index in [-0.39, 0.29) is 33.1 Å². The van der Waals surface area contributed by atoms with Gasteiger partial charge in [0, 0.05) is 18.1 Å². The molecular weight excluding hydrogens is 597 g/mol. The third kappa shape index (κ3) is 8.40. The van der Waals surface area contributed by atoms with Gasteiger partial charge >= 0.3 is 0 Å². The van der Waals surface area contributed by atoms with E-state index in [0.717, 1.165) is 28.3 Å². The lowest BCUT2D eigenvalue weighted by Crippen LogP contribution is -2.52. The van der Waals surface area contributed by atoms with Crippen LogP contribution in [0, 0.1) is 6.92 Å². The van der Waals surface area contributed by atoms with Gasteiger partial charge in [0.1, 0.15) is 18.3 Å². The first-order valence-corrected chi connectivity index (χ1v) is 16.0. The molecule has 3 aromatic rings. The van der Waals surface area contributed by atoms with Crippen molar-refractivity contribution in [3.63, 3.8) is 0 Å². The molecule has 0 aromatic heterocycles. The second-order valence-corrected chi connectivity index (χ2v) is 12.6. The Kier molecular flexibility index (Phi) is 12.1. The Labute approximate surface area is 258 Å². The van der Waals surface area contributed by atoms with Crippen molar-refractivity contribution in [1.29, 1.82) is 0 Å². The van der Waals surface area contributed by atoms with Crippen molar-refractivity contribution >= 4 is 50.7 Å². The predicted molar refractivity (Wildman–Crippen MR) is 168 cm³/mol. The maximum Gasteiger partial charge on any atom is 0.264 e. The zero-order valence-corrected chi connectivity index (χ0v) is 26.6. The molecule has 0 aliphatic rings. The molecule has 0 bridgehead atoms. The molecule has 0 aliphatic carbocycles. The number of methoxy groups -OCH3 is 1. The second-order valence-electron chi connectivity index (χ2n) is 9.86. The average molecular weight is 635 g/mol. The maximum absolute atomic E-state index is 14.2. The largest absolute Gasteiger partial charge is 0.497 e. The van der Waals surface area contributed by atoms with Gasteiger partial charge in [-0.1, -0.05) is 73.3 Å². The third-order valence-electron chi connectivity index (χ3n) is 6.77. The van der Waals surface area contributed by atoms with E-state index in [2.05, 4.69) is 5.32 Å². The van der Waals surface area contributed by atoms with Crippen LogP contribution in [0.1, 0.15) is 44.2 Å². The molecule has 0 spiro atoms. The number of sulfonamides is 1. The summed E-state index contributed by atoms with van der Waals surface area (Å²) in [6.07, 6.45) is 2.01. The number of unbranched alkanes of at least 4 members (excludes halogenated alkanes) is 1. The molecule has 3 aromatic carbocycles. The van der Waals surface area contributed by atoms with Gasteiger partial charge in [0.05, 0.1) is 22.7 Å². The number of halogens is 2. The molecule has 42 heavy (non-hydrogen) atoms. The van der Waals surface area contributed by atoms with Crippen LogP contribution in [-0.4, -0.2) is 51.4 Å². The summed E-state index contributed by atoms with van der Waals surface area (Å²) in [7, 11) is -2.73. The number of rotatable bonds is 14. The molecule has 0 unspecified atom stereocenters. The molecule has 226 valence electrons. The quantitative estimate of drug-likeness (QED) is 0.212. The molecule has 3 rings (SSSR count). The number of anilines is 1. The second kappa shape index (κ2) is 15.3. The molecule has 1 N–H and O–H groups in total. The first kappa shape index (κ1) is 33.2. The average Bonchev–Trinajstić information content (AvgIpc) is 2.97. The topological polar surface area (TPSA) is 96.0 Å². The normalized spacial score (nSPS) is 12.0. The van der Waals surface area contributed by atoms with Gasteiger partial charge in [0.2, 0.25) is 11.8 Å². The number of carbonyl (C=O) groups excluding carboxylic acids is 2. The lowest BCUT2D eigenvalue weighted by atomic mass is 10.1. The fourth-order valence-electron chi connectivity index (χ4n) is 4.42. The van der Waals surface area contributed by atoms with Gasteiger partial charge in [-0.3, -0.25) is 13.9 Å². The van der Waals surface area contributed by atoms with E-state index in [9.17, 15) is 18.0 Å². The summed E-state index contributed by atoms with van der Waals surface area (Å²) >= 11 is 12.7. The Bertz CT molecular complexity index is 1480. The molecule has 0 radical (unpaired) electrons. The van der Waals surface area contributed by atoms with Gasteiger partial charge in [-0.05, 0) is 67.8 Å². The highest BCUT2D eigenvalue weighted by molar-refractivity contribution is 7.92. The number of hydrogen-bond acceptors (Lipinski definition) is 5. The number of ether oxygens (including phenoxy) is 1. The molecular formula is C31H37Cl2N3O5S. The van der Waals surface area contributed by atoms with Gasteiger partial charge in [0.25, 0.3) is 10.0 Å². The fourth-order valence-corrected chi connectivity index (χ4v) is 6.28. The minimum absolute atomic E-state index is 0.0133. The molecule has 0 heterocycles. The molecule has 2 amide bonds. The van der Waals surface area contributed by atoms with E-state index in [1.807, 2.05) is 26.8 Å². The van der Waals surface area contributed by atoms with Crippen molar-refractivity contribution in [1.82, 2.24) is 10.2 Å². The first-order valence-electron chi connectivity index (χ1n) is 13.8. The van der Waals surface area contributed by atoms with Crippen molar-refractivity contribution in [3.8, 4) is 5.75 Å². The molecule has 0 fully saturated rings. The number of hydrogen-bond donors (Lipinski definition) is 1. The van der Waals surface area contributed by atoms with Crippen LogP contribution in [0.15, 0.2) is 71.6 Å². The highest BCUT2D eigenvalue weighted by atomic mass is 35.5. The van der Waals surface area contributed by atoms with Gasteiger partial charge in [-0.15, -0.1) is 0 Å². The molecule has 0 saturated heterocycles. The van der Waals surface area contributed by atoms with Crippen LogP contribution in [0.5, 0.6) is 5.75 Å². The fraction of sp³-hybridized carbons (Fsp3) is 0.355. The number of benzene rings is 3. The van der Waals surface area contributed by atoms with Crippen LogP contribution >= 0.6 is 23.2 Å². The Morgan fingerprint density at radius 2 is 1.71 bits per heavy atom. The summed E-state index contributed by atoms with van der Waals surface area (Å²) in [5.74, 6) is -0.299. The summed E-state index contributed by atoms with van der Waals surface area (Å²) in [4.78, 5) is 28.9. The van der Waals surface area contributed by atoms with Crippen LogP contribution in [0.3, 0.4) is 0 Å². The monoisotopic (exact) mass is 633 g/mol. The molecule has 0 saturated carbocycles. The van der Waals surface area contributed by atoms with Crippen LogP contribution in [-0.2, 0) is 26.2 Å². The van der Waals surface area contributed by atoms with E-state index in [1.54, 1.807) is 37.4 Å². The Hall–Kier alpha value is -3.27. The van der Waals surface area contributed by atoms with Crippen molar-refractivity contribution in [2.45, 2.75) is 57.5 Å². The maximum atomic E-state index is 14.2. The minimum Gasteiger partial charge on any atom is -0.497 e. The summed E-state index contributed by atoms with van der Waals surface area (Å²) in [5.41, 5.74) is 1.65. The molecule has 11 heteroatoms. The summed E-state index contributed by atoms with van der Waals surface area (Å²) in [6, 6.07) is 17.0. The predicted octanol–water partition coefficient (Wildman–Crippen LogP) is 6.23. The lowest BCUT2D eigenvalue weighted by Gasteiger charge is -2.33. The van der Waals surface area contributed by atoms with Gasteiger partial charge < -0.3 is 15.0 Å². The minimum atomic E-state index is -4.27. The Balaban J connectivity index is 2.09. The van der Waals surface area contributed by atoms with Crippen molar-refractivity contribution in [3.05, 3.63) is 87.9 Å². The highest BCUT2D eigenvalue weighted by Gasteiger charge is 2.34. The summed E-state index contributed by atoms with van der Waals surface area (Å²) in [5, 5.41) is 3.27. The van der Waals surface area contributed by atoms with Gasteiger partial charge in [-0.25, -0.2) is 8.42 Å². The van der Waals surface area contributed by atoms with Gasteiger partial charge in [0.15, 0.2) is 0 Å². The number of aryl methyl sites for hydroxylation is 1. The van der Waals surface area contributed by atoms with E-state index < -0.39 is 28.5 Å². The number of amides is 2. The van der Waals surface area contributed by atoms with E-state index in [1.165, 1.54) is 35.2 Å². The number of carbonyl (C=O) groups is 2. The van der Waals surface area contributed by atoms with Crippen LogP contribution in [0.25, 0.3) is 0 Å². The summed E-state index contributed by atoms with van der Waals surface area (Å²) < 4.78 is 34.3. The molecule has 1 atom stereocenters. The van der Waals surface area contributed by atoms with E-state index >= 15 is 0 Å². The zero-order chi connectivity index (χ0) is 30.9. The number of nitrogens with one attached hydrogen (secondary N) is 1. The van der Waals surface area contributed by atoms with Crippen molar-refractivity contribution < 1.29 is 22.7 Å². The van der Waals surface area contributed by atoms with Gasteiger partial charge in [-0.2, -0.15) is 0 Å². The SMILES string of the molecule is CCCCNC(=O)[C@@H](CC)N(Cc1cccc(OC)c1)C(=O)CN(c1cc(Cl)ccc1Cl)S(=O)(=O)c1ccc(C)cc1. The van der Waals surface area contributed by atoms with Crippen molar-refractivity contribution in [2.24, 2.45) is 0 Å². The smallest absolute Gasteiger partial charge is 0.264 e. The summed E-state index contributed by atoms with van der Waals surface area (Å²) in [6.45, 7) is 5.59. The zero-order valence-electron chi connectivity index (χ0n) is 24.3. The van der Waals surface area contributed by atoms with Crippen LogP contribution in [0.2, 0.25) is 10.0 Å². The van der Waals surface area contributed by atoms with Crippen LogP contribution < -0.4 is 14.4 Å². The van der Waals surface area contributed by atoms with E-state index in [0.29, 0.717) is 18.7 Å². The Morgan fingerprint density at radius 1 is 1.00 bits per heavy atom. The van der Waals surface area contributed by atoms with Crippen LogP contribution in [0.4, 0.5) is 5.69 Å². The third-order valence-corrected chi connectivity index (χ3v) is 9.10. The first-order chi connectivity index (χ1) is 20.0.